The molecule has 0 rings (SSSR count). The Balaban J connectivity index is 5.69. The minimum absolute atomic E-state index is 0.474. The van der Waals surface area contributed by atoms with Gasteiger partial charge in [-0.2, -0.15) is 8.42 Å². The summed E-state index contributed by atoms with van der Waals surface area (Å²) in [5, 5.41) is 27.2. The molecule has 0 fully saturated rings. The first-order valence-electron chi connectivity index (χ1n) is 4.57. The first-order valence-corrected chi connectivity index (χ1v) is 6.39. The second-order valence-corrected chi connectivity index (χ2v) is 5.11. The van der Waals surface area contributed by atoms with E-state index in [9.17, 15) is 27.9 Å². The van der Waals surface area contributed by atoms with Crippen LogP contribution >= 0.6 is 0 Å². The Hall–Kier alpha value is -1.72. The molecule has 0 bridgehead atoms. The van der Waals surface area contributed by atoms with Gasteiger partial charge in [0.1, 0.15) is 0 Å². The van der Waals surface area contributed by atoms with Gasteiger partial charge in [-0.1, -0.05) is 0 Å². The number of esters is 1. The van der Waals surface area contributed by atoms with Crippen LogP contribution in [0.2, 0.25) is 0 Å². The molecule has 0 radical (unpaired) electrons. The maximum Gasteiger partial charge on any atom is 0.341 e. The maximum atomic E-state index is 11.3. The monoisotopic (exact) mass is 300 g/mol. The number of methoxy groups -OCH3 is 1. The molecule has 0 aliphatic heterocycles. The van der Waals surface area contributed by atoms with Crippen LogP contribution in [-0.2, 0) is 33.4 Å². The summed E-state index contributed by atoms with van der Waals surface area (Å²) in [6.07, 6.45) is -3.58. The van der Waals surface area contributed by atoms with Gasteiger partial charge in [0.25, 0.3) is 10.1 Å². The summed E-state index contributed by atoms with van der Waals surface area (Å²) in [6.45, 7) is 0. The largest absolute Gasteiger partial charge is 0.481 e. The summed E-state index contributed by atoms with van der Waals surface area (Å²) < 4.78 is 29.9. The molecule has 110 valence electrons. The highest BCUT2D eigenvalue weighted by molar-refractivity contribution is 7.86. The number of carbonyl (C=O) groups excluding carboxylic acids is 1. The van der Waals surface area contributed by atoms with Crippen molar-refractivity contribution in [1.29, 1.82) is 0 Å². The lowest BCUT2D eigenvalue weighted by Gasteiger charge is -2.28. The Morgan fingerprint density at radius 1 is 1.26 bits per heavy atom. The zero-order valence-electron chi connectivity index (χ0n) is 9.89. The van der Waals surface area contributed by atoms with E-state index in [1.165, 1.54) is 0 Å². The highest BCUT2D eigenvalue weighted by Crippen LogP contribution is 2.22. The summed E-state index contributed by atoms with van der Waals surface area (Å²) in [7, 11) is -3.61. The molecular formula is C8H12O10S. The third kappa shape index (κ3) is 4.81. The molecule has 0 heterocycles. The van der Waals surface area contributed by atoms with E-state index in [4.69, 9.17) is 10.2 Å². The van der Waals surface area contributed by atoms with E-state index < -0.39 is 46.2 Å². The molecule has 0 aromatic heterocycles. The van der Waals surface area contributed by atoms with E-state index >= 15 is 0 Å². The van der Waals surface area contributed by atoms with Crippen LogP contribution in [0.5, 0.6) is 0 Å². The van der Waals surface area contributed by atoms with Crippen molar-refractivity contribution in [1.82, 2.24) is 0 Å². The summed E-state index contributed by atoms with van der Waals surface area (Å²) in [5.74, 6) is -5.44. The van der Waals surface area contributed by atoms with Gasteiger partial charge in [-0.3, -0.25) is 8.98 Å². The number of carboxylic acids is 2. The van der Waals surface area contributed by atoms with Crippen molar-refractivity contribution in [3.8, 4) is 0 Å². The predicted octanol–water partition coefficient (Wildman–Crippen LogP) is -2.21. The minimum Gasteiger partial charge on any atom is -0.481 e. The quantitative estimate of drug-likeness (QED) is 0.347. The van der Waals surface area contributed by atoms with Crippen LogP contribution in [0.1, 0.15) is 6.42 Å². The number of carbonyl (C=O) groups is 3. The average molecular weight is 300 g/mol. The maximum absolute atomic E-state index is 11.3. The van der Waals surface area contributed by atoms with Crippen LogP contribution in [-0.4, -0.2) is 66.7 Å². The Bertz CT molecular complexity index is 480. The smallest absolute Gasteiger partial charge is 0.341 e. The second-order valence-electron chi connectivity index (χ2n) is 3.50. The predicted molar refractivity (Wildman–Crippen MR) is 56.6 cm³/mol. The highest BCUT2D eigenvalue weighted by Gasteiger charge is 2.53. The second kappa shape index (κ2) is 5.95. The molecule has 2 atom stereocenters. The van der Waals surface area contributed by atoms with Crippen LogP contribution in [0.25, 0.3) is 0 Å². The third-order valence-electron chi connectivity index (χ3n) is 1.89. The van der Waals surface area contributed by atoms with Crippen molar-refractivity contribution in [3.63, 3.8) is 0 Å². The normalized spacial score (nSPS) is 16.2. The fourth-order valence-corrected chi connectivity index (χ4v) is 1.77. The van der Waals surface area contributed by atoms with E-state index in [2.05, 4.69) is 8.92 Å². The molecule has 0 spiro atoms. The van der Waals surface area contributed by atoms with Gasteiger partial charge in [0.05, 0.1) is 19.8 Å². The molecule has 3 N–H and O–H groups in total. The number of aliphatic hydroxyl groups is 1. The number of hydrogen-bond donors (Lipinski definition) is 3. The lowest BCUT2D eigenvalue weighted by atomic mass is 9.93. The molecule has 10 nitrogen and oxygen atoms in total. The topological polar surface area (TPSA) is 164 Å². The Labute approximate surface area is 107 Å². The summed E-state index contributed by atoms with van der Waals surface area (Å²) in [6, 6.07) is 0. The van der Waals surface area contributed by atoms with Gasteiger partial charge < -0.3 is 20.1 Å². The van der Waals surface area contributed by atoms with Gasteiger partial charge >= 0.3 is 17.9 Å². The SMILES string of the molecule is COC(=O)C(O)(CC(=O)O)C(OS(C)(=O)=O)C(=O)O. The fraction of sp³-hybridized carbons (Fsp3) is 0.625. The van der Waals surface area contributed by atoms with Crippen LogP contribution < -0.4 is 0 Å². The van der Waals surface area contributed by atoms with Gasteiger partial charge in [0, 0.05) is 0 Å². The molecule has 0 aliphatic rings. The molecular weight excluding hydrogens is 288 g/mol. The van der Waals surface area contributed by atoms with Crippen LogP contribution in [0.4, 0.5) is 0 Å². The Morgan fingerprint density at radius 3 is 2.00 bits per heavy atom. The van der Waals surface area contributed by atoms with Crippen LogP contribution in [0.15, 0.2) is 0 Å². The molecule has 11 heteroatoms. The van der Waals surface area contributed by atoms with Gasteiger partial charge in [0.2, 0.25) is 11.7 Å². The summed E-state index contributed by atoms with van der Waals surface area (Å²) in [5.41, 5.74) is -3.19. The Kier molecular flexibility index (Phi) is 5.41. The molecule has 0 aromatic rings. The minimum atomic E-state index is -4.37. The van der Waals surface area contributed by atoms with Crippen LogP contribution in [0, 0.1) is 0 Å². The van der Waals surface area contributed by atoms with E-state index in [0.717, 1.165) is 7.11 Å². The number of hydrogen-bond acceptors (Lipinski definition) is 8. The van der Waals surface area contributed by atoms with Crippen molar-refractivity contribution < 1.29 is 47.0 Å². The van der Waals surface area contributed by atoms with Crippen molar-refractivity contribution >= 4 is 28.0 Å². The average Bonchev–Trinajstić information content (AvgIpc) is 2.21. The highest BCUT2D eigenvalue weighted by atomic mass is 32.2. The van der Waals surface area contributed by atoms with Crippen molar-refractivity contribution in [2.24, 2.45) is 0 Å². The summed E-state index contributed by atoms with van der Waals surface area (Å²) >= 11 is 0. The first-order chi connectivity index (χ1) is 8.44. The number of carboxylic acid groups (broad SMARTS) is 2. The molecule has 19 heavy (non-hydrogen) atoms. The summed E-state index contributed by atoms with van der Waals surface area (Å²) in [4.78, 5) is 32.8. The van der Waals surface area contributed by atoms with Gasteiger partial charge in [-0.15, -0.1) is 0 Å². The van der Waals surface area contributed by atoms with Gasteiger partial charge in [0.15, 0.2) is 0 Å². The first kappa shape index (κ1) is 17.3. The number of rotatable bonds is 7. The van der Waals surface area contributed by atoms with E-state index in [1.54, 1.807) is 0 Å². The van der Waals surface area contributed by atoms with Gasteiger partial charge in [-0.05, 0) is 0 Å². The molecule has 0 aliphatic carbocycles. The third-order valence-corrected chi connectivity index (χ3v) is 2.43. The Morgan fingerprint density at radius 2 is 1.74 bits per heavy atom. The van der Waals surface area contributed by atoms with Crippen molar-refractivity contribution in [2.75, 3.05) is 13.4 Å². The zero-order valence-corrected chi connectivity index (χ0v) is 10.7. The molecule has 0 amide bonds. The van der Waals surface area contributed by atoms with E-state index in [1.807, 2.05) is 0 Å². The number of aliphatic carboxylic acids is 2. The van der Waals surface area contributed by atoms with Gasteiger partial charge in [-0.25, -0.2) is 9.59 Å². The number of ether oxygens (including phenoxy) is 1. The fourth-order valence-electron chi connectivity index (χ4n) is 1.18. The van der Waals surface area contributed by atoms with Crippen molar-refractivity contribution in [2.45, 2.75) is 18.1 Å². The standard InChI is InChI=1S/C8H12O10S/c1-17-7(13)8(14,3-4(9)10)5(6(11)12)18-19(2,15)16/h5,14H,3H2,1-2H3,(H,9,10)(H,11,12). The lowest BCUT2D eigenvalue weighted by molar-refractivity contribution is -0.186. The van der Waals surface area contributed by atoms with E-state index in [-0.39, 0.29) is 0 Å². The molecule has 0 aromatic carbocycles. The molecule has 0 saturated carbocycles. The van der Waals surface area contributed by atoms with Crippen LogP contribution in [0.3, 0.4) is 0 Å². The lowest BCUT2D eigenvalue weighted by Crippen LogP contribution is -2.56. The molecule has 2 unspecified atom stereocenters. The van der Waals surface area contributed by atoms with E-state index in [0.29, 0.717) is 6.26 Å². The molecule has 0 saturated heterocycles. The van der Waals surface area contributed by atoms with Crippen molar-refractivity contribution in [3.05, 3.63) is 0 Å². The zero-order chi connectivity index (χ0) is 15.4.